The third kappa shape index (κ3) is 2.60. The van der Waals surface area contributed by atoms with E-state index in [2.05, 4.69) is 10.3 Å². The van der Waals surface area contributed by atoms with Crippen LogP contribution in [0.25, 0.3) is 10.9 Å². The first-order chi connectivity index (χ1) is 8.33. The second kappa shape index (κ2) is 5.41. The Labute approximate surface area is 99.3 Å². The van der Waals surface area contributed by atoms with Crippen LogP contribution in [-0.2, 0) is 0 Å². The molecule has 1 heterocycles. The number of benzene rings is 1. The lowest BCUT2D eigenvalue weighted by Crippen LogP contribution is -2.25. The van der Waals surface area contributed by atoms with Crippen LogP contribution in [-0.4, -0.2) is 29.1 Å². The smallest absolute Gasteiger partial charge is 0.252 e. The van der Waals surface area contributed by atoms with Gasteiger partial charge in [0.1, 0.15) is 0 Å². The molecule has 0 spiro atoms. The van der Waals surface area contributed by atoms with Crippen molar-refractivity contribution in [1.82, 2.24) is 10.3 Å². The van der Waals surface area contributed by atoms with Gasteiger partial charge in [-0.25, -0.2) is 0 Å². The van der Waals surface area contributed by atoms with Crippen molar-refractivity contribution in [3.8, 4) is 0 Å². The van der Waals surface area contributed by atoms with Gasteiger partial charge >= 0.3 is 0 Å². The number of fused-ring (bicyclic) bond motifs is 1. The molecule has 0 saturated carbocycles. The van der Waals surface area contributed by atoms with Gasteiger partial charge in [0.25, 0.3) is 5.91 Å². The number of rotatable bonds is 4. The van der Waals surface area contributed by atoms with Crippen molar-refractivity contribution in [2.75, 3.05) is 13.2 Å². The second-order valence-corrected chi connectivity index (χ2v) is 3.71. The molecule has 0 fully saturated rings. The van der Waals surface area contributed by atoms with E-state index < -0.39 is 0 Å². The maximum atomic E-state index is 11.9. The molecule has 4 heteroatoms. The van der Waals surface area contributed by atoms with Crippen molar-refractivity contribution in [3.05, 3.63) is 42.1 Å². The minimum Gasteiger partial charge on any atom is -0.396 e. The molecule has 0 atom stereocenters. The number of carbonyl (C=O) groups is 1. The Morgan fingerprint density at radius 3 is 2.94 bits per heavy atom. The van der Waals surface area contributed by atoms with E-state index in [1.54, 1.807) is 12.3 Å². The fraction of sp³-hybridized carbons (Fsp3) is 0.231. The van der Waals surface area contributed by atoms with E-state index in [1.165, 1.54) is 0 Å². The van der Waals surface area contributed by atoms with Gasteiger partial charge in [-0.05, 0) is 18.6 Å². The Morgan fingerprint density at radius 2 is 2.12 bits per heavy atom. The number of amides is 1. The van der Waals surface area contributed by atoms with Crippen LogP contribution >= 0.6 is 0 Å². The highest BCUT2D eigenvalue weighted by Gasteiger charge is 2.08. The van der Waals surface area contributed by atoms with Crippen molar-refractivity contribution in [2.24, 2.45) is 0 Å². The standard InChI is InChI=1S/C13H14N2O2/c16-9-3-7-15-13(17)11-6-8-14-12-5-2-1-4-10(11)12/h1-2,4-6,8,16H,3,7,9H2,(H,15,17). The highest BCUT2D eigenvalue weighted by molar-refractivity contribution is 6.05. The van der Waals surface area contributed by atoms with Gasteiger partial charge in [-0.2, -0.15) is 0 Å². The zero-order valence-corrected chi connectivity index (χ0v) is 9.39. The summed E-state index contributed by atoms with van der Waals surface area (Å²) in [5.74, 6) is -0.128. The largest absolute Gasteiger partial charge is 0.396 e. The number of hydrogen-bond donors (Lipinski definition) is 2. The summed E-state index contributed by atoms with van der Waals surface area (Å²) in [7, 11) is 0. The number of para-hydroxylation sites is 1. The van der Waals surface area contributed by atoms with Crippen LogP contribution in [0.15, 0.2) is 36.5 Å². The number of hydrogen-bond acceptors (Lipinski definition) is 3. The Kier molecular flexibility index (Phi) is 3.67. The van der Waals surface area contributed by atoms with Crippen molar-refractivity contribution in [3.63, 3.8) is 0 Å². The molecule has 2 N–H and O–H groups in total. The van der Waals surface area contributed by atoms with Gasteiger partial charge in [0, 0.05) is 24.7 Å². The van der Waals surface area contributed by atoms with Crippen LogP contribution in [0.3, 0.4) is 0 Å². The normalized spacial score (nSPS) is 10.4. The fourth-order valence-corrected chi connectivity index (χ4v) is 1.67. The first-order valence-corrected chi connectivity index (χ1v) is 5.56. The molecule has 2 aromatic rings. The summed E-state index contributed by atoms with van der Waals surface area (Å²) in [6.45, 7) is 0.559. The van der Waals surface area contributed by atoms with Crippen molar-refractivity contribution >= 4 is 16.8 Å². The van der Waals surface area contributed by atoms with E-state index in [1.807, 2.05) is 24.3 Å². The molecule has 0 saturated heterocycles. The molecule has 0 aliphatic carbocycles. The predicted octanol–water partition coefficient (Wildman–Crippen LogP) is 1.35. The van der Waals surface area contributed by atoms with Gasteiger partial charge in [-0.3, -0.25) is 9.78 Å². The van der Waals surface area contributed by atoms with Crippen molar-refractivity contribution < 1.29 is 9.90 Å². The molecule has 2 rings (SSSR count). The van der Waals surface area contributed by atoms with E-state index in [0.29, 0.717) is 18.5 Å². The number of aliphatic hydroxyl groups is 1. The summed E-state index contributed by atoms with van der Waals surface area (Å²) >= 11 is 0. The number of aliphatic hydroxyl groups excluding tert-OH is 1. The van der Waals surface area contributed by atoms with E-state index in [-0.39, 0.29) is 12.5 Å². The van der Waals surface area contributed by atoms with Gasteiger partial charge in [0.15, 0.2) is 0 Å². The lowest BCUT2D eigenvalue weighted by atomic mass is 10.1. The summed E-state index contributed by atoms with van der Waals surface area (Å²) in [5, 5.41) is 12.3. The van der Waals surface area contributed by atoms with Crippen molar-refractivity contribution in [1.29, 1.82) is 0 Å². The number of aromatic nitrogens is 1. The van der Waals surface area contributed by atoms with Gasteiger partial charge < -0.3 is 10.4 Å². The molecule has 1 aromatic carbocycles. The summed E-state index contributed by atoms with van der Waals surface area (Å²) in [5.41, 5.74) is 1.43. The van der Waals surface area contributed by atoms with Crippen LogP contribution in [0.2, 0.25) is 0 Å². The second-order valence-electron chi connectivity index (χ2n) is 3.71. The molecule has 4 nitrogen and oxygen atoms in total. The van der Waals surface area contributed by atoms with Crippen LogP contribution in [0.4, 0.5) is 0 Å². The minimum absolute atomic E-state index is 0.0807. The molecule has 0 aliphatic rings. The summed E-state index contributed by atoms with van der Waals surface area (Å²) in [6.07, 6.45) is 2.19. The van der Waals surface area contributed by atoms with Gasteiger partial charge in [0.05, 0.1) is 11.1 Å². The molecule has 1 amide bonds. The average molecular weight is 230 g/mol. The zero-order chi connectivity index (χ0) is 12.1. The van der Waals surface area contributed by atoms with Crippen LogP contribution in [0.1, 0.15) is 16.8 Å². The third-order valence-corrected chi connectivity index (χ3v) is 2.51. The van der Waals surface area contributed by atoms with Crippen LogP contribution in [0, 0.1) is 0 Å². The topological polar surface area (TPSA) is 62.2 Å². The summed E-state index contributed by atoms with van der Waals surface area (Å²) in [4.78, 5) is 16.1. The van der Waals surface area contributed by atoms with Gasteiger partial charge in [0.2, 0.25) is 0 Å². The monoisotopic (exact) mass is 230 g/mol. The van der Waals surface area contributed by atoms with Gasteiger partial charge in [-0.1, -0.05) is 18.2 Å². The summed E-state index contributed by atoms with van der Waals surface area (Å²) in [6, 6.07) is 9.23. The Bertz CT molecular complexity index is 520. The predicted molar refractivity (Wildman–Crippen MR) is 65.8 cm³/mol. The molecular weight excluding hydrogens is 216 g/mol. The quantitative estimate of drug-likeness (QED) is 0.779. The number of nitrogens with one attached hydrogen (secondary N) is 1. The Morgan fingerprint density at radius 1 is 1.29 bits per heavy atom. The molecule has 0 radical (unpaired) electrons. The first kappa shape index (κ1) is 11.5. The number of pyridine rings is 1. The van der Waals surface area contributed by atoms with Crippen molar-refractivity contribution in [2.45, 2.75) is 6.42 Å². The molecule has 0 bridgehead atoms. The van der Waals surface area contributed by atoms with Crippen LogP contribution < -0.4 is 5.32 Å². The molecule has 0 unspecified atom stereocenters. The average Bonchev–Trinajstić information content (AvgIpc) is 2.38. The lowest BCUT2D eigenvalue weighted by Gasteiger charge is -2.06. The molecular formula is C13H14N2O2. The Hall–Kier alpha value is -1.94. The SMILES string of the molecule is O=C(NCCCO)c1ccnc2ccccc12. The molecule has 88 valence electrons. The van der Waals surface area contributed by atoms with Crippen LogP contribution in [0.5, 0.6) is 0 Å². The highest BCUT2D eigenvalue weighted by Crippen LogP contribution is 2.15. The minimum atomic E-state index is -0.128. The number of carbonyl (C=O) groups excluding carboxylic acids is 1. The third-order valence-electron chi connectivity index (χ3n) is 2.51. The Balaban J connectivity index is 2.26. The zero-order valence-electron chi connectivity index (χ0n) is 9.39. The maximum absolute atomic E-state index is 11.9. The van der Waals surface area contributed by atoms with E-state index in [4.69, 9.17) is 5.11 Å². The molecule has 1 aromatic heterocycles. The number of nitrogens with zero attached hydrogens (tertiary/aromatic N) is 1. The first-order valence-electron chi connectivity index (χ1n) is 5.56. The van der Waals surface area contributed by atoms with E-state index in [9.17, 15) is 4.79 Å². The lowest BCUT2D eigenvalue weighted by molar-refractivity contribution is 0.0953. The molecule has 17 heavy (non-hydrogen) atoms. The van der Waals surface area contributed by atoms with E-state index >= 15 is 0 Å². The maximum Gasteiger partial charge on any atom is 0.252 e. The van der Waals surface area contributed by atoms with Gasteiger partial charge in [-0.15, -0.1) is 0 Å². The fourth-order valence-electron chi connectivity index (χ4n) is 1.67. The van der Waals surface area contributed by atoms with E-state index in [0.717, 1.165) is 10.9 Å². The summed E-state index contributed by atoms with van der Waals surface area (Å²) < 4.78 is 0. The highest BCUT2D eigenvalue weighted by atomic mass is 16.3. The molecule has 0 aliphatic heterocycles.